The molecule has 4 heteroatoms. The topological polar surface area (TPSA) is 34.0 Å². The lowest BCUT2D eigenvalue weighted by Crippen LogP contribution is -2.32. The van der Waals surface area contributed by atoms with E-state index in [9.17, 15) is 0 Å². The van der Waals surface area contributed by atoms with Crippen molar-refractivity contribution in [3.05, 3.63) is 205 Å². The van der Waals surface area contributed by atoms with Gasteiger partial charge in [0.15, 0.2) is 5.82 Å². The van der Waals surface area contributed by atoms with Gasteiger partial charge >= 0.3 is 0 Å². The molecular formula is C56H42N4. The standard InChI is InChI=1S/C56H42N4/c1-4-16-37(17-5-1)49-36-50(38-18-6-2-7-19-38)58-56(57-49)42-22-14-25-44(32-42)60-53-29-15-27-45(55(53)48-33-39-20-10-11-21-40(39)35-54(48)60)41-30-31-52-47(34-41)46-26-12-13-28-51(46)59(52)43-23-8-3-9-24-43/h1-2,4-8,10-11,13-25,27-36,46,51H,3,9,12,26H2. The summed E-state index contributed by atoms with van der Waals surface area (Å²) < 4.78 is 2.45. The summed E-state index contributed by atoms with van der Waals surface area (Å²) in [5.41, 5.74) is 15.0. The highest BCUT2D eigenvalue weighted by Gasteiger charge is 2.39. The van der Waals surface area contributed by atoms with Crippen molar-refractivity contribution in [3.8, 4) is 50.7 Å². The molecule has 2 unspecified atom stereocenters. The van der Waals surface area contributed by atoms with Crippen LogP contribution in [-0.4, -0.2) is 20.6 Å². The van der Waals surface area contributed by atoms with Crippen LogP contribution in [0.15, 0.2) is 200 Å². The minimum atomic E-state index is 0.357. The number of anilines is 1. The Morgan fingerprint density at radius 1 is 0.533 bits per heavy atom. The van der Waals surface area contributed by atoms with Gasteiger partial charge < -0.3 is 9.47 Å². The molecule has 0 spiro atoms. The summed E-state index contributed by atoms with van der Waals surface area (Å²) in [4.78, 5) is 13.0. The lowest BCUT2D eigenvalue weighted by atomic mass is 9.85. The Balaban J connectivity index is 1.05. The van der Waals surface area contributed by atoms with Crippen molar-refractivity contribution in [2.45, 2.75) is 37.6 Å². The first-order valence-corrected chi connectivity index (χ1v) is 21.3. The molecule has 0 N–H and O–H groups in total. The number of aromatic nitrogens is 3. The van der Waals surface area contributed by atoms with E-state index in [0.29, 0.717) is 17.8 Å². The maximum atomic E-state index is 5.20. The van der Waals surface area contributed by atoms with Gasteiger partial charge in [-0.3, -0.25) is 0 Å². The van der Waals surface area contributed by atoms with Crippen LogP contribution in [0.3, 0.4) is 0 Å². The van der Waals surface area contributed by atoms with Crippen molar-refractivity contribution in [2.75, 3.05) is 4.90 Å². The molecule has 4 nitrogen and oxygen atoms in total. The average molecular weight is 771 g/mol. The van der Waals surface area contributed by atoms with Crippen LogP contribution >= 0.6 is 0 Å². The number of benzene rings is 7. The van der Waals surface area contributed by atoms with Crippen molar-refractivity contribution in [1.29, 1.82) is 0 Å². The molecule has 0 bridgehead atoms. The van der Waals surface area contributed by atoms with Gasteiger partial charge in [0.25, 0.3) is 0 Å². The van der Waals surface area contributed by atoms with Gasteiger partial charge in [-0.15, -0.1) is 0 Å². The second kappa shape index (κ2) is 14.2. The van der Waals surface area contributed by atoms with Crippen molar-refractivity contribution in [1.82, 2.24) is 14.5 Å². The summed E-state index contributed by atoms with van der Waals surface area (Å²) in [5.74, 6) is 1.17. The molecule has 0 amide bonds. The van der Waals surface area contributed by atoms with E-state index in [-0.39, 0.29) is 0 Å². The number of allylic oxidation sites excluding steroid dienone is 4. The molecule has 0 saturated carbocycles. The fourth-order valence-electron chi connectivity index (χ4n) is 10.1. The van der Waals surface area contributed by atoms with E-state index in [1.54, 1.807) is 0 Å². The zero-order valence-corrected chi connectivity index (χ0v) is 33.2. The van der Waals surface area contributed by atoms with Crippen LogP contribution in [0.2, 0.25) is 0 Å². The van der Waals surface area contributed by atoms with Crippen molar-refractivity contribution in [2.24, 2.45) is 0 Å². The van der Waals surface area contributed by atoms with Gasteiger partial charge in [0.05, 0.1) is 28.5 Å². The highest BCUT2D eigenvalue weighted by atomic mass is 15.2. The van der Waals surface area contributed by atoms with Crippen LogP contribution in [0.1, 0.15) is 37.2 Å². The van der Waals surface area contributed by atoms with Crippen LogP contribution in [0.5, 0.6) is 0 Å². The molecule has 0 saturated heterocycles. The Hall–Kier alpha value is -7.30. The third-order valence-electron chi connectivity index (χ3n) is 12.8. The Morgan fingerprint density at radius 2 is 1.27 bits per heavy atom. The SMILES string of the molecule is C1=CC(N2c3ccc(-c4cccc5c4c4cc6ccccc6cc4n5-c4cccc(-c5nc(-c6ccccc6)cc(-c6ccccc6)n5)c4)cc3C3CCC=CC32)=CCC1. The van der Waals surface area contributed by atoms with E-state index < -0.39 is 0 Å². The van der Waals surface area contributed by atoms with E-state index >= 15 is 0 Å². The van der Waals surface area contributed by atoms with E-state index in [2.05, 4.69) is 192 Å². The fourth-order valence-corrected chi connectivity index (χ4v) is 10.1. The van der Waals surface area contributed by atoms with E-state index in [1.165, 1.54) is 67.1 Å². The second-order valence-corrected chi connectivity index (χ2v) is 16.4. The van der Waals surface area contributed by atoms with E-state index in [0.717, 1.165) is 53.0 Å². The first kappa shape index (κ1) is 34.7. The highest BCUT2D eigenvalue weighted by molar-refractivity contribution is 6.18. The summed E-state index contributed by atoms with van der Waals surface area (Å²) in [6.07, 6.45) is 16.4. The molecule has 286 valence electrons. The number of nitrogens with zero attached hydrogens (tertiary/aromatic N) is 4. The normalized spacial score (nSPS) is 17.0. The minimum absolute atomic E-state index is 0.357. The fraction of sp³-hybridized carbons (Fsp3) is 0.107. The minimum Gasteiger partial charge on any atom is -0.334 e. The first-order valence-electron chi connectivity index (χ1n) is 21.3. The Kier molecular flexibility index (Phi) is 8.22. The lowest BCUT2D eigenvalue weighted by molar-refractivity contribution is 0.566. The van der Waals surface area contributed by atoms with Crippen LogP contribution in [0.25, 0.3) is 83.3 Å². The summed E-state index contributed by atoms with van der Waals surface area (Å²) in [6, 6.07) is 59.6. The molecule has 2 aliphatic carbocycles. The van der Waals surface area contributed by atoms with Crippen molar-refractivity contribution >= 4 is 38.3 Å². The molecule has 12 rings (SSSR count). The molecular weight excluding hydrogens is 729 g/mol. The zero-order valence-electron chi connectivity index (χ0n) is 33.2. The van der Waals surface area contributed by atoms with Crippen LogP contribution < -0.4 is 4.90 Å². The summed E-state index contributed by atoms with van der Waals surface area (Å²) in [6.45, 7) is 0. The van der Waals surface area contributed by atoms with E-state index in [4.69, 9.17) is 9.97 Å². The average Bonchev–Trinajstić information content (AvgIpc) is 3.83. The maximum absolute atomic E-state index is 5.20. The van der Waals surface area contributed by atoms with Crippen LogP contribution in [-0.2, 0) is 0 Å². The second-order valence-electron chi connectivity index (χ2n) is 16.4. The highest BCUT2D eigenvalue weighted by Crippen LogP contribution is 2.50. The molecule has 2 atom stereocenters. The van der Waals surface area contributed by atoms with Gasteiger partial charge in [0, 0.05) is 50.5 Å². The monoisotopic (exact) mass is 770 g/mol. The predicted molar refractivity (Wildman–Crippen MR) is 249 cm³/mol. The van der Waals surface area contributed by atoms with Gasteiger partial charge in [0.1, 0.15) is 0 Å². The molecule has 1 aliphatic heterocycles. The van der Waals surface area contributed by atoms with Crippen molar-refractivity contribution in [3.63, 3.8) is 0 Å². The molecule has 60 heavy (non-hydrogen) atoms. The molecule has 3 heterocycles. The first-order chi connectivity index (χ1) is 29.7. The van der Waals surface area contributed by atoms with Crippen LogP contribution in [0.4, 0.5) is 5.69 Å². The number of hydrogen-bond donors (Lipinski definition) is 0. The van der Waals surface area contributed by atoms with Gasteiger partial charge in [-0.1, -0.05) is 140 Å². The molecule has 0 fully saturated rings. The van der Waals surface area contributed by atoms with Gasteiger partial charge in [-0.25, -0.2) is 9.97 Å². The molecule has 0 radical (unpaired) electrons. The van der Waals surface area contributed by atoms with Gasteiger partial charge in [-0.2, -0.15) is 0 Å². The maximum Gasteiger partial charge on any atom is 0.160 e. The molecule has 3 aliphatic rings. The molecule has 2 aromatic heterocycles. The Bertz CT molecular complexity index is 3170. The number of rotatable bonds is 6. The van der Waals surface area contributed by atoms with Gasteiger partial charge in [0.2, 0.25) is 0 Å². The predicted octanol–water partition coefficient (Wildman–Crippen LogP) is 14.3. The van der Waals surface area contributed by atoms with E-state index in [1.807, 2.05) is 12.1 Å². The van der Waals surface area contributed by atoms with Gasteiger partial charge in [-0.05, 0) is 108 Å². The third kappa shape index (κ3) is 5.74. The summed E-state index contributed by atoms with van der Waals surface area (Å²) in [7, 11) is 0. The van der Waals surface area contributed by atoms with Crippen LogP contribution in [0, 0.1) is 0 Å². The Morgan fingerprint density at radius 3 is 2.03 bits per heavy atom. The molecule has 9 aromatic rings. The third-order valence-corrected chi connectivity index (χ3v) is 12.8. The molecule has 7 aromatic carbocycles. The quantitative estimate of drug-likeness (QED) is 0.158. The smallest absolute Gasteiger partial charge is 0.160 e. The largest absolute Gasteiger partial charge is 0.334 e. The zero-order chi connectivity index (χ0) is 39.6. The Labute approximate surface area is 350 Å². The lowest BCUT2D eigenvalue weighted by Gasteiger charge is -2.31. The summed E-state index contributed by atoms with van der Waals surface area (Å²) in [5, 5.41) is 4.97. The number of hydrogen-bond acceptors (Lipinski definition) is 3. The summed E-state index contributed by atoms with van der Waals surface area (Å²) >= 11 is 0. The van der Waals surface area contributed by atoms with Crippen molar-refractivity contribution < 1.29 is 0 Å². The number of fused-ring (bicyclic) bond motifs is 7.